The van der Waals surface area contributed by atoms with Gasteiger partial charge in [0.25, 0.3) is 0 Å². The van der Waals surface area contributed by atoms with Gasteiger partial charge in [-0.2, -0.15) is 4.31 Å². The second-order valence-corrected chi connectivity index (χ2v) is 6.39. The molecule has 1 aliphatic heterocycles. The summed E-state index contributed by atoms with van der Waals surface area (Å²) in [5, 5.41) is 20.1. The highest BCUT2D eigenvalue weighted by Crippen LogP contribution is 2.30. The number of hydrogen-bond acceptors (Lipinski definition) is 6. The predicted molar refractivity (Wildman–Crippen MR) is 68.9 cm³/mol. The van der Waals surface area contributed by atoms with Crippen LogP contribution in [0.25, 0.3) is 0 Å². The molecule has 0 aromatic heterocycles. The van der Waals surface area contributed by atoms with Gasteiger partial charge in [0.15, 0.2) is 5.75 Å². The van der Waals surface area contributed by atoms with Crippen molar-refractivity contribution in [3.8, 4) is 5.75 Å². The molecular weight excluding hydrogens is 288 g/mol. The molecule has 1 saturated heterocycles. The minimum atomic E-state index is -3.83. The molecule has 110 valence electrons. The number of nitrogens with zero attached hydrogens (tertiary/aromatic N) is 2. The Morgan fingerprint density at radius 2 is 2.20 bits per heavy atom. The Hall–Kier alpha value is -1.71. The van der Waals surface area contributed by atoms with Crippen LogP contribution in [0.4, 0.5) is 5.69 Å². The zero-order valence-corrected chi connectivity index (χ0v) is 11.5. The Kier molecular flexibility index (Phi) is 3.93. The molecule has 9 heteroatoms. The van der Waals surface area contributed by atoms with Crippen LogP contribution in [0.1, 0.15) is 6.92 Å². The first-order valence-corrected chi connectivity index (χ1v) is 7.35. The zero-order chi connectivity index (χ0) is 14.9. The van der Waals surface area contributed by atoms with Crippen molar-refractivity contribution in [1.82, 2.24) is 4.31 Å². The van der Waals surface area contributed by atoms with E-state index in [1.54, 1.807) is 6.92 Å². The Labute approximate surface area is 115 Å². The minimum Gasteiger partial charge on any atom is -0.502 e. The summed E-state index contributed by atoms with van der Waals surface area (Å²) in [6, 6.07) is 3.03. The van der Waals surface area contributed by atoms with Crippen LogP contribution < -0.4 is 0 Å². The molecule has 0 radical (unpaired) electrons. The summed E-state index contributed by atoms with van der Waals surface area (Å²) in [5.74, 6) is -0.565. The summed E-state index contributed by atoms with van der Waals surface area (Å²) in [6.07, 6.45) is -0.231. The van der Waals surface area contributed by atoms with Crippen LogP contribution >= 0.6 is 0 Å². The van der Waals surface area contributed by atoms with Gasteiger partial charge < -0.3 is 9.84 Å². The van der Waals surface area contributed by atoms with E-state index in [-0.39, 0.29) is 30.7 Å². The van der Waals surface area contributed by atoms with E-state index in [2.05, 4.69) is 0 Å². The molecule has 0 aliphatic carbocycles. The number of morpholine rings is 1. The van der Waals surface area contributed by atoms with Crippen molar-refractivity contribution in [2.45, 2.75) is 17.9 Å². The zero-order valence-electron chi connectivity index (χ0n) is 10.7. The quantitative estimate of drug-likeness (QED) is 0.650. The lowest BCUT2D eigenvalue weighted by molar-refractivity contribution is -0.386. The van der Waals surface area contributed by atoms with Crippen LogP contribution in [-0.4, -0.2) is 48.6 Å². The fourth-order valence-corrected chi connectivity index (χ4v) is 3.48. The minimum absolute atomic E-state index is 0.191. The lowest BCUT2D eigenvalue weighted by atomic mass is 10.3. The van der Waals surface area contributed by atoms with Crippen molar-refractivity contribution in [2.75, 3.05) is 19.7 Å². The Bertz CT molecular complexity index is 630. The van der Waals surface area contributed by atoms with E-state index in [9.17, 15) is 23.6 Å². The monoisotopic (exact) mass is 302 g/mol. The van der Waals surface area contributed by atoms with E-state index in [4.69, 9.17) is 4.74 Å². The maximum absolute atomic E-state index is 12.4. The molecule has 1 unspecified atom stereocenters. The van der Waals surface area contributed by atoms with Gasteiger partial charge in [0.05, 0.1) is 22.5 Å². The lowest BCUT2D eigenvalue weighted by Gasteiger charge is -2.30. The van der Waals surface area contributed by atoms with E-state index in [1.807, 2.05) is 0 Å². The molecular formula is C11H14N2O6S. The van der Waals surface area contributed by atoms with Gasteiger partial charge in [0.2, 0.25) is 10.0 Å². The van der Waals surface area contributed by atoms with Gasteiger partial charge in [-0.15, -0.1) is 0 Å². The summed E-state index contributed by atoms with van der Waals surface area (Å²) < 4.78 is 31.3. The number of hydrogen-bond donors (Lipinski definition) is 1. The van der Waals surface area contributed by atoms with Crippen molar-refractivity contribution in [3.05, 3.63) is 28.3 Å². The molecule has 8 nitrogen and oxygen atoms in total. The number of nitro groups is 1. The van der Waals surface area contributed by atoms with Gasteiger partial charge in [-0.25, -0.2) is 8.42 Å². The van der Waals surface area contributed by atoms with Crippen molar-refractivity contribution in [1.29, 1.82) is 0 Å². The van der Waals surface area contributed by atoms with Gasteiger partial charge in [0, 0.05) is 19.2 Å². The van der Waals surface area contributed by atoms with Gasteiger partial charge >= 0.3 is 5.69 Å². The normalized spacial score (nSPS) is 20.8. The fraction of sp³-hybridized carbons (Fsp3) is 0.455. The summed E-state index contributed by atoms with van der Waals surface area (Å²) >= 11 is 0. The summed E-state index contributed by atoms with van der Waals surface area (Å²) in [7, 11) is -3.83. The van der Waals surface area contributed by atoms with E-state index < -0.39 is 26.4 Å². The summed E-state index contributed by atoms with van der Waals surface area (Å²) in [5.41, 5.74) is -0.632. The Balaban J connectivity index is 2.39. The van der Waals surface area contributed by atoms with Crippen molar-refractivity contribution in [3.63, 3.8) is 0 Å². The number of phenols is 1. The summed E-state index contributed by atoms with van der Waals surface area (Å²) in [6.45, 7) is 2.42. The van der Waals surface area contributed by atoms with Crippen molar-refractivity contribution in [2.24, 2.45) is 0 Å². The molecule has 0 spiro atoms. The first-order chi connectivity index (χ1) is 9.32. The van der Waals surface area contributed by atoms with E-state index in [0.29, 0.717) is 0 Å². The molecule has 1 aromatic rings. The third-order valence-electron chi connectivity index (χ3n) is 2.99. The smallest absolute Gasteiger partial charge is 0.312 e. The molecule has 20 heavy (non-hydrogen) atoms. The van der Waals surface area contributed by atoms with E-state index in [1.165, 1.54) is 4.31 Å². The molecule has 2 rings (SSSR count). The van der Waals surface area contributed by atoms with Crippen molar-refractivity contribution >= 4 is 15.7 Å². The Morgan fingerprint density at radius 1 is 1.50 bits per heavy atom. The molecule has 0 bridgehead atoms. The third-order valence-corrected chi connectivity index (χ3v) is 4.85. The SMILES string of the molecule is CC1CN(S(=O)(=O)c2ccc(O)c([N+](=O)[O-])c2)CCO1. The molecule has 0 amide bonds. The number of benzene rings is 1. The number of rotatable bonds is 3. The second-order valence-electron chi connectivity index (χ2n) is 4.45. The van der Waals surface area contributed by atoms with Crippen LogP contribution in [0, 0.1) is 10.1 Å². The average molecular weight is 302 g/mol. The van der Waals surface area contributed by atoms with Gasteiger partial charge in [-0.05, 0) is 19.1 Å². The van der Waals surface area contributed by atoms with Gasteiger partial charge in [-0.3, -0.25) is 10.1 Å². The molecule has 1 fully saturated rings. The van der Waals surface area contributed by atoms with Crippen LogP contribution in [-0.2, 0) is 14.8 Å². The molecule has 1 heterocycles. The number of phenolic OH excluding ortho intramolecular Hbond substituents is 1. The number of ether oxygens (including phenoxy) is 1. The van der Waals surface area contributed by atoms with Crippen LogP contribution in [0.5, 0.6) is 5.75 Å². The van der Waals surface area contributed by atoms with Crippen molar-refractivity contribution < 1.29 is 23.2 Å². The van der Waals surface area contributed by atoms with Crippen LogP contribution in [0.2, 0.25) is 0 Å². The first-order valence-electron chi connectivity index (χ1n) is 5.91. The Morgan fingerprint density at radius 3 is 2.80 bits per heavy atom. The highest BCUT2D eigenvalue weighted by molar-refractivity contribution is 7.89. The topological polar surface area (TPSA) is 110 Å². The van der Waals surface area contributed by atoms with E-state index in [0.717, 1.165) is 18.2 Å². The lowest BCUT2D eigenvalue weighted by Crippen LogP contribution is -2.44. The largest absolute Gasteiger partial charge is 0.502 e. The molecule has 0 saturated carbocycles. The van der Waals surface area contributed by atoms with Gasteiger partial charge in [0.1, 0.15) is 0 Å². The van der Waals surface area contributed by atoms with Crippen LogP contribution in [0.3, 0.4) is 0 Å². The molecule has 1 N–H and O–H groups in total. The maximum Gasteiger partial charge on any atom is 0.312 e. The maximum atomic E-state index is 12.4. The summed E-state index contributed by atoms with van der Waals surface area (Å²) in [4.78, 5) is 9.71. The highest BCUT2D eigenvalue weighted by Gasteiger charge is 2.30. The van der Waals surface area contributed by atoms with E-state index >= 15 is 0 Å². The molecule has 1 atom stereocenters. The third kappa shape index (κ3) is 2.74. The molecule has 1 aromatic carbocycles. The number of sulfonamides is 1. The first kappa shape index (κ1) is 14.7. The predicted octanol–water partition coefficient (Wildman–Crippen LogP) is 0.710. The fourth-order valence-electron chi connectivity index (χ4n) is 1.96. The standard InChI is InChI=1S/C11H14N2O6S/c1-8-7-12(4-5-19-8)20(17,18)9-2-3-11(14)10(6-9)13(15)16/h2-3,6,8,14H,4-5,7H2,1H3. The number of nitro benzene ring substituents is 1. The van der Waals surface area contributed by atoms with Crippen LogP contribution in [0.15, 0.2) is 23.1 Å². The number of aromatic hydroxyl groups is 1. The highest BCUT2D eigenvalue weighted by atomic mass is 32.2. The second kappa shape index (κ2) is 5.35. The molecule has 1 aliphatic rings. The van der Waals surface area contributed by atoms with Gasteiger partial charge in [-0.1, -0.05) is 0 Å². The average Bonchev–Trinajstić information content (AvgIpc) is 2.38.